The lowest BCUT2D eigenvalue weighted by Gasteiger charge is -2.05. The summed E-state index contributed by atoms with van der Waals surface area (Å²) < 4.78 is 2.10. The van der Waals surface area contributed by atoms with E-state index in [4.69, 9.17) is 5.26 Å². The third-order valence-corrected chi connectivity index (χ3v) is 3.28. The van der Waals surface area contributed by atoms with Crippen molar-refractivity contribution in [1.29, 1.82) is 5.26 Å². The highest BCUT2D eigenvalue weighted by Crippen LogP contribution is 2.16. The molecule has 5 heteroatoms. The zero-order valence-corrected chi connectivity index (χ0v) is 10.2. The Morgan fingerprint density at radius 2 is 2.50 bits per heavy atom. The highest BCUT2D eigenvalue weighted by molar-refractivity contribution is 7.15. The predicted molar refractivity (Wildman–Crippen MR) is 64.3 cm³/mol. The second-order valence-electron chi connectivity index (χ2n) is 3.86. The van der Waals surface area contributed by atoms with E-state index in [1.54, 1.807) is 11.3 Å². The van der Waals surface area contributed by atoms with Crippen LogP contribution in [0.4, 0.5) is 0 Å². The number of aryl methyl sites for hydroxylation is 1. The molecule has 1 unspecified atom stereocenters. The van der Waals surface area contributed by atoms with Crippen molar-refractivity contribution in [2.45, 2.75) is 20.4 Å². The largest absolute Gasteiger partial charge is 0.310 e. The highest BCUT2D eigenvalue weighted by Gasteiger charge is 2.09. The van der Waals surface area contributed by atoms with Gasteiger partial charge >= 0.3 is 0 Å². The first-order valence-electron chi connectivity index (χ1n) is 5.23. The number of fused-ring (bicyclic) bond motifs is 1. The molecule has 0 amide bonds. The van der Waals surface area contributed by atoms with E-state index in [0.717, 1.165) is 17.2 Å². The van der Waals surface area contributed by atoms with E-state index in [1.165, 1.54) is 5.69 Å². The second kappa shape index (κ2) is 4.64. The van der Waals surface area contributed by atoms with Crippen LogP contribution in [0.2, 0.25) is 0 Å². The smallest absolute Gasteiger partial charge is 0.194 e. The first-order chi connectivity index (χ1) is 7.72. The predicted octanol–water partition coefficient (Wildman–Crippen LogP) is 1.95. The number of hydrogen-bond donors (Lipinski definition) is 1. The second-order valence-corrected chi connectivity index (χ2v) is 4.73. The summed E-state index contributed by atoms with van der Waals surface area (Å²) in [6.45, 7) is 5.41. The lowest BCUT2D eigenvalue weighted by atomic mass is 10.2. The van der Waals surface area contributed by atoms with Gasteiger partial charge in [-0.15, -0.1) is 11.3 Å². The third-order valence-electron chi connectivity index (χ3n) is 2.52. The maximum absolute atomic E-state index is 8.68. The first kappa shape index (κ1) is 11.1. The lowest BCUT2D eigenvalue weighted by Crippen LogP contribution is -2.20. The van der Waals surface area contributed by atoms with Gasteiger partial charge in [0.1, 0.15) is 0 Å². The van der Waals surface area contributed by atoms with Gasteiger partial charge in [0.15, 0.2) is 4.96 Å². The fourth-order valence-electron chi connectivity index (χ4n) is 1.61. The fourth-order valence-corrected chi connectivity index (χ4v) is 2.38. The van der Waals surface area contributed by atoms with Crippen LogP contribution >= 0.6 is 11.3 Å². The number of nitriles is 1. The van der Waals surface area contributed by atoms with Crippen LogP contribution in [0.5, 0.6) is 0 Å². The van der Waals surface area contributed by atoms with Crippen molar-refractivity contribution in [3.8, 4) is 6.07 Å². The summed E-state index contributed by atoms with van der Waals surface area (Å²) in [5.41, 5.74) is 2.24. The maximum atomic E-state index is 8.68. The third kappa shape index (κ3) is 2.08. The summed E-state index contributed by atoms with van der Waals surface area (Å²) in [5.74, 6) is 0.0474. The molecule has 16 heavy (non-hydrogen) atoms. The minimum absolute atomic E-state index is 0.0474. The summed E-state index contributed by atoms with van der Waals surface area (Å²) in [6, 6.07) is 2.21. The molecule has 0 aromatic carbocycles. The van der Waals surface area contributed by atoms with E-state index in [1.807, 2.05) is 25.4 Å². The molecular formula is C11H14N4S. The van der Waals surface area contributed by atoms with E-state index in [-0.39, 0.29) is 5.92 Å². The van der Waals surface area contributed by atoms with E-state index < -0.39 is 0 Å². The lowest BCUT2D eigenvalue weighted by molar-refractivity contribution is 0.592. The highest BCUT2D eigenvalue weighted by atomic mass is 32.1. The molecule has 0 aliphatic rings. The molecule has 0 bridgehead atoms. The molecule has 2 rings (SSSR count). The quantitative estimate of drug-likeness (QED) is 0.879. The molecule has 0 aliphatic heterocycles. The van der Waals surface area contributed by atoms with Crippen molar-refractivity contribution < 1.29 is 0 Å². The molecule has 2 aromatic heterocycles. The van der Waals surface area contributed by atoms with Crippen LogP contribution in [-0.2, 0) is 6.54 Å². The van der Waals surface area contributed by atoms with Crippen molar-refractivity contribution in [2.24, 2.45) is 5.92 Å². The SMILES string of the molecule is Cc1nc2sccn2c1CNCC(C)C#N. The Labute approximate surface area is 98.5 Å². The molecule has 0 radical (unpaired) electrons. The number of nitrogens with one attached hydrogen (secondary N) is 1. The van der Waals surface area contributed by atoms with Crippen LogP contribution in [-0.4, -0.2) is 15.9 Å². The van der Waals surface area contributed by atoms with E-state index in [9.17, 15) is 0 Å². The number of thiazole rings is 1. The van der Waals surface area contributed by atoms with Gasteiger partial charge in [-0.05, 0) is 13.8 Å². The molecule has 1 N–H and O–H groups in total. The van der Waals surface area contributed by atoms with Gasteiger partial charge in [0.05, 0.1) is 23.4 Å². The van der Waals surface area contributed by atoms with Crippen molar-refractivity contribution >= 4 is 16.3 Å². The van der Waals surface area contributed by atoms with Crippen LogP contribution < -0.4 is 5.32 Å². The van der Waals surface area contributed by atoms with Crippen molar-refractivity contribution in [2.75, 3.05) is 6.54 Å². The van der Waals surface area contributed by atoms with Crippen molar-refractivity contribution in [3.05, 3.63) is 23.0 Å². The number of rotatable bonds is 4. The Bertz CT molecular complexity index is 520. The van der Waals surface area contributed by atoms with Crippen LogP contribution in [0.3, 0.4) is 0 Å². The van der Waals surface area contributed by atoms with Gasteiger partial charge in [0.25, 0.3) is 0 Å². The van der Waals surface area contributed by atoms with E-state index >= 15 is 0 Å². The standard InChI is InChI=1S/C11H14N4S/c1-8(5-12)6-13-7-10-9(2)14-11-15(10)3-4-16-11/h3-4,8,13H,6-7H2,1-2H3. The van der Waals surface area contributed by atoms with Crippen LogP contribution in [0.15, 0.2) is 11.6 Å². The minimum Gasteiger partial charge on any atom is -0.310 e. The zero-order valence-electron chi connectivity index (χ0n) is 9.40. The molecule has 1 atom stereocenters. The zero-order chi connectivity index (χ0) is 11.5. The Morgan fingerprint density at radius 3 is 3.25 bits per heavy atom. The van der Waals surface area contributed by atoms with Crippen molar-refractivity contribution in [1.82, 2.24) is 14.7 Å². The number of nitrogens with zero attached hydrogens (tertiary/aromatic N) is 3. The average molecular weight is 234 g/mol. The molecule has 2 aromatic rings. The Hall–Kier alpha value is -1.38. The Morgan fingerprint density at radius 1 is 1.69 bits per heavy atom. The molecule has 2 heterocycles. The van der Waals surface area contributed by atoms with Gasteiger partial charge < -0.3 is 5.32 Å². The molecule has 84 valence electrons. The summed E-state index contributed by atoms with van der Waals surface area (Å²) in [7, 11) is 0. The van der Waals surface area contributed by atoms with Crippen LogP contribution in [0.25, 0.3) is 4.96 Å². The normalized spacial score (nSPS) is 12.8. The molecule has 0 fully saturated rings. The van der Waals surface area contributed by atoms with Crippen molar-refractivity contribution in [3.63, 3.8) is 0 Å². The van der Waals surface area contributed by atoms with Gasteiger partial charge in [0, 0.05) is 24.7 Å². The van der Waals surface area contributed by atoms with Gasteiger partial charge in [-0.25, -0.2) is 4.98 Å². The Kier molecular flexibility index (Phi) is 3.22. The van der Waals surface area contributed by atoms with E-state index in [0.29, 0.717) is 6.54 Å². The summed E-state index contributed by atoms with van der Waals surface area (Å²) in [5, 5.41) is 14.0. The number of imidazole rings is 1. The molecule has 0 aliphatic carbocycles. The maximum Gasteiger partial charge on any atom is 0.194 e. The molecule has 0 saturated heterocycles. The monoisotopic (exact) mass is 234 g/mol. The van der Waals surface area contributed by atoms with Gasteiger partial charge in [0.2, 0.25) is 0 Å². The molecular weight excluding hydrogens is 220 g/mol. The topological polar surface area (TPSA) is 53.1 Å². The molecule has 4 nitrogen and oxygen atoms in total. The minimum atomic E-state index is 0.0474. The fraction of sp³-hybridized carbons (Fsp3) is 0.455. The summed E-state index contributed by atoms with van der Waals surface area (Å²) in [4.78, 5) is 5.50. The van der Waals surface area contributed by atoms with Crippen LogP contribution in [0, 0.1) is 24.2 Å². The number of aromatic nitrogens is 2. The Balaban J connectivity index is 2.06. The summed E-state index contributed by atoms with van der Waals surface area (Å²) >= 11 is 1.64. The van der Waals surface area contributed by atoms with Gasteiger partial charge in [-0.3, -0.25) is 4.40 Å². The first-order valence-corrected chi connectivity index (χ1v) is 6.11. The van der Waals surface area contributed by atoms with E-state index in [2.05, 4.69) is 20.8 Å². The van der Waals surface area contributed by atoms with Gasteiger partial charge in [-0.2, -0.15) is 5.26 Å². The molecule has 0 spiro atoms. The average Bonchev–Trinajstić information content (AvgIpc) is 2.81. The molecule has 0 saturated carbocycles. The summed E-state index contributed by atoms with van der Waals surface area (Å²) in [6.07, 6.45) is 2.03. The number of hydrogen-bond acceptors (Lipinski definition) is 4. The van der Waals surface area contributed by atoms with Gasteiger partial charge in [-0.1, -0.05) is 0 Å². The van der Waals surface area contributed by atoms with Crippen LogP contribution in [0.1, 0.15) is 18.3 Å².